The minimum absolute atomic E-state index is 0.243. The van der Waals surface area contributed by atoms with Crippen LogP contribution in [0.5, 0.6) is 0 Å². The Balaban J connectivity index is 1.71. The zero-order valence-electron chi connectivity index (χ0n) is 12.6. The van der Waals surface area contributed by atoms with E-state index in [4.69, 9.17) is 9.15 Å². The lowest BCUT2D eigenvalue weighted by molar-refractivity contribution is -0.117. The maximum absolute atomic E-state index is 12.1. The molecule has 0 radical (unpaired) electrons. The Bertz CT molecular complexity index is 887. The van der Waals surface area contributed by atoms with Crippen molar-refractivity contribution in [3.8, 4) is 11.5 Å². The maximum atomic E-state index is 12.1. The molecule has 1 amide bonds. The fourth-order valence-corrected chi connectivity index (χ4v) is 2.63. The predicted octanol–water partition coefficient (Wildman–Crippen LogP) is 1.14. The average molecular weight is 347 g/mol. The van der Waals surface area contributed by atoms with Gasteiger partial charge in [-0.1, -0.05) is 11.3 Å². The molecule has 0 saturated heterocycles. The third-order valence-electron chi connectivity index (χ3n) is 2.91. The Morgan fingerprint density at radius 3 is 3.00 bits per heavy atom. The molecule has 0 unspecified atom stereocenters. The lowest BCUT2D eigenvalue weighted by Crippen LogP contribution is -2.29. The van der Waals surface area contributed by atoms with Crippen molar-refractivity contribution >= 4 is 22.4 Å². The molecule has 124 valence electrons. The van der Waals surface area contributed by atoms with Crippen molar-refractivity contribution in [3.63, 3.8) is 0 Å². The molecular weight excluding hydrogens is 334 g/mol. The average Bonchev–Trinajstić information content (AvgIpc) is 3.22. The fraction of sp³-hybridized carbons (Fsp3) is 0.214. The van der Waals surface area contributed by atoms with E-state index in [1.54, 1.807) is 19.2 Å². The van der Waals surface area contributed by atoms with E-state index >= 15 is 0 Å². The molecule has 0 saturated carbocycles. The van der Waals surface area contributed by atoms with Gasteiger partial charge >= 0.3 is 0 Å². The number of carbonyl (C=O) groups excluding carboxylic acids is 1. The number of ether oxygens (including phenoxy) is 1. The molecule has 0 aromatic carbocycles. The second-order valence-electron chi connectivity index (χ2n) is 4.67. The van der Waals surface area contributed by atoms with Crippen LogP contribution in [0.3, 0.4) is 0 Å². The standard InChI is InChI=1S/C14H13N5O4S/c1-22-8-12-16-17-14(24-12)15-11(20)7-19-13(21)5-4-9(18-19)10-3-2-6-23-10/h2-6H,7-8H2,1H3,(H,15,17,20). The van der Waals surface area contributed by atoms with Crippen LogP contribution in [0, 0.1) is 0 Å². The molecule has 3 aromatic rings. The number of nitrogens with zero attached hydrogens (tertiary/aromatic N) is 4. The summed E-state index contributed by atoms with van der Waals surface area (Å²) >= 11 is 1.20. The summed E-state index contributed by atoms with van der Waals surface area (Å²) in [6.45, 7) is 0.0757. The van der Waals surface area contributed by atoms with Crippen molar-refractivity contribution in [1.29, 1.82) is 0 Å². The Morgan fingerprint density at radius 1 is 1.38 bits per heavy atom. The Kier molecular flexibility index (Phi) is 4.77. The van der Waals surface area contributed by atoms with Crippen molar-refractivity contribution in [3.05, 3.63) is 45.9 Å². The van der Waals surface area contributed by atoms with E-state index in [9.17, 15) is 9.59 Å². The zero-order chi connectivity index (χ0) is 16.9. The number of amides is 1. The number of nitrogens with one attached hydrogen (secondary N) is 1. The van der Waals surface area contributed by atoms with Crippen LogP contribution in [-0.2, 0) is 22.7 Å². The normalized spacial score (nSPS) is 10.7. The van der Waals surface area contributed by atoms with Crippen LogP contribution in [0.2, 0.25) is 0 Å². The molecule has 1 N–H and O–H groups in total. The fourth-order valence-electron chi connectivity index (χ4n) is 1.90. The molecule has 9 nitrogen and oxygen atoms in total. The summed E-state index contributed by atoms with van der Waals surface area (Å²) in [6.07, 6.45) is 1.51. The van der Waals surface area contributed by atoms with Crippen molar-refractivity contribution in [2.75, 3.05) is 12.4 Å². The number of carbonyl (C=O) groups is 1. The van der Waals surface area contributed by atoms with Crippen molar-refractivity contribution in [2.24, 2.45) is 0 Å². The van der Waals surface area contributed by atoms with Gasteiger partial charge in [0.15, 0.2) is 5.76 Å². The minimum atomic E-state index is -0.429. The van der Waals surface area contributed by atoms with Gasteiger partial charge in [0.1, 0.15) is 23.9 Å². The van der Waals surface area contributed by atoms with E-state index in [2.05, 4.69) is 20.6 Å². The minimum Gasteiger partial charge on any atom is -0.463 e. The van der Waals surface area contributed by atoms with Crippen LogP contribution in [0.15, 0.2) is 39.7 Å². The molecule has 0 aliphatic rings. The van der Waals surface area contributed by atoms with Crippen molar-refractivity contribution < 1.29 is 13.9 Å². The molecule has 3 aromatic heterocycles. The maximum Gasteiger partial charge on any atom is 0.267 e. The molecule has 0 bridgehead atoms. The molecule has 0 aliphatic carbocycles. The summed E-state index contributed by atoms with van der Waals surface area (Å²) in [4.78, 5) is 23.9. The zero-order valence-corrected chi connectivity index (χ0v) is 13.4. The lowest BCUT2D eigenvalue weighted by atomic mass is 10.3. The highest BCUT2D eigenvalue weighted by molar-refractivity contribution is 7.15. The highest BCUT2D eigenvalue weighted by Gasteiger charge is 2.12. The third-order valence-corrected chi connectivity index (χ3v) is 3.73. The Labute approximate surface area is 139 Å². The first-order valence-corrected chi connectivity index (χ1v) is 7.70. The second kappa shape index (κ2) is 7.15. The Morgan fingerprint density at radius 2 is 2.25 bits per heavy atom. The summed E-state index contributed by atoms with van der Waals surface area (Å²) < 4.78 is 11.2. The van der Waals surface area contributed by atoms with Gasteiger partial charge in [-0.3, -0.25) is 14.9 Å². The van der Waals surface area contributed by atoms with E-state index in [1.165, 1.54) is 29.7 Å². The van der Waals surface area contributed by atoms with Crippen LogP contribution in [0.25, 0.3) is 11.5 Å². The topological polar surface area (TPSA) is 112 Å². The SMILES string of the molecule is COCc1nnc(NC(=O)Cn2nc(-c3ccco3)ccc2=O)s1. The quantitative estimate of drug-likeness (QED) is 0.711. The molecule has 0 spiro atoms. The molecule has 0 atom stereocenters. The number of hydrogen-bond acceptors (Lipinski definition) is 8. The summed E-state index contributed by atoms with van der Waals surface area (Å²) in [7, 11) is 1.55. The summed E-state index contributed by atoms with van der Waals surface area (Å²) in [5.74, 6) is 0.0822. The molecule has 3 rings (SSSR count). The molecule has 0 aliphatic heterocycles. The monoisotopic (exact) mass is 347 g/mol. The number of aromatic nitrogens is 4. The third kappa shape index (κ3) is 3.73. The van der Waals surface area contributed by atoms with Gasteiger partial charge in [0.25, 0.3) is 5.56 Å². The van der Waals surface area contributed by atoms with Crippen LogP contribution < -0.4 is 10.9 Å². The van der Waals surface area contributed by atoms with Gasteiger partial charge in [-0.25, -0.2) is 4.68 Å². The second-order valence-corrected chi connectivity index (χ2v) is 5.74. The summed E-state index contributed by atoms with van der Waals surface area (Å²) in [5.41, 5.74) is 0.0727. The van der Waals surface area contributed by atoms with Crippen LogP contribution >= 0.6 is 11.3 Å². The van der Waals surface area contributed by atoms with Crippen LogP contribution in [0.1, 0.15) is 5.01 Å². The first-order chi connectivity index (χ1) is 11.7. The molecular formula is C14H13N5O4S. The van der Waals surface area contributed by atoms with Gasteiger partial charge in [-0.2, -0.15) is 5.10 Å². The smallest absolute Gasteiger partial charge is 0.267 e. The van der Waals surface area contributed by atoms with E-state index in [0.717, 1.165) is 4.68 Å². The van der Waals surface area contributed by atoms with E-state index < -0.39 is 11.5 Å². The largest absolute Gasteiger partial charge is 0.463 e. The van der Waals surface area contributed by atoms with Gasteiger partial charge in [0, 0.05) is 13.2 Å². The highest BCUT2D eigenvalue weighted by Crippen LogP contribution is 2.16. The first kappa shape index (κ1) is 16.0. The van der Waals surface area contributed by atoms with Gasteiger partial charge in [-0.15, -0.1) is 10.2 Å². The first-order valence-electron chi connectivity index (χ1n) is 6.89. The lowest BCUT2D eigenvalue weighted by Gasteiger charge is -2.05. The number of anilines is 1. The summed E-state index contributed by atoms with van der Waals surface area (Å²) in [5, 5.41) is 15.4. The van der Waals surface area contributed by atoms with Crippen molar-refractivity contribution in [2.45, 2.75) is 13.2 Å². The number of furan rings is 1. The van der Waals surface area contributed by atoms with Gasteiger partial charge in [0.2, 0.25) is 11.0 Å². The molecule has 0 fully saturated rings. The van der Waals surface area contributed by atoms with E-state index in [-0.39, 0.29) is 6.54 Å². The highest BCUT2D eigenvalue weighted by atomic mass is 32.1. The number of methoxy groups -OCH3 is 1. The molecule has 3 heterocycles. The van der Waals surface area contributed by atoms with Crippen LogP contribution in [-0.4, -0.2) is 33.0 Å². The van der Waals surface area contributed by atoms with Crippen LogP contribution in [0.4, 0.5) is 5.13 Å². The van der Waals surface area contributed by atoms with E-state index in [1.807, 2.05) is 0 Å². The molecule has 24 heavy (non-hydrogen) atoms. The predicted molar refractivity (Wildman–Crippen MR) is 85.5 cm³/mol. The number of rotatable bonds is 6. The summed E-state index contributed by atoms with van der Waals surface area (Å²) in [6, 6.07) is 6.30. The number of hydrogen-bond donors (Lipinski definition) is 1. The van der Waals surface area contributed by atoms with Gasteiger partial charge < -0.3 is 9.15 Å². The van der Waals surface area contributed by atoms with E-state index in [0.29, 0.717) is 28.2 Å². The van der Waals surface area contributed by atoms with Gasteiger partial charge in [-0.05, 0) is 18.2 Å². The van der Waals surface area contributed by atoms with Gasteiger partial charge in [0.05, 0.1) is 6.26 Å². The van der Waals surface area contributed by atoms with Crippen molar-refractivity contribution in [1.82, 2.24) is 20.0 Å². The molecule has 10 heteroatoms. The Hall–Kier alpha value is -2.85.